The largest absolute Gasteiger partial charge is 0.298 e. The lowest BCUT2D eigenvalue weighted by molar-refractivity contribution is 0.101. The summed E-state index contributed by atoms with van der Waals surface area (Å²) in [5.41, 5.74) is 2.10. The summed E-state index contributed by atoms with van der Waals surface area (Å²) in [5, 5.41) is 5.00. The molecule has 7 nitrogen and oxygen atoms in total. The number of sulfone groups is 1. The number of rotatable bonds is 5. The summed E-state index contributed by atoms with van der Waals surface area (Å²) in [4.78, 5) is 34.6. The average Bonchev–Trinajstić information content (AvgIpc) is 3.52. The van der Waals surface area contributed by atoms with Crippen LogP contribution in [0.2, 0.25) is 0 Å². The van der Waals surface area contributed by atoms with Gasteiger partial charge in [-0.05, 0) is 42.5 Å². The molecule has 0 saturated heterocycles. The summed E-state index contributed by atoms with van der Waals surface area (Å²) in [5.74, 6) is -0.276. The lowest BCUT2D eigenvalue weighted by Gasteiger charge is -2.19. The fourth-order valence-corrected chi connectivity index (χ4v) is 8.32. The molecule has 1 N–H and O–H groups in total. The number of thiazole rings is 2. The van der Waals surface area contributed by atoms with Crippen LogP contribution in [0.25, 0.3) is 10.2 Å². The number of carbonyl (C=O) groups excluding carboxylic acids is 2. The zero-order valence-electron chi connectivity index (χ0n) is 18.3. The molecule has 6 rings (SSSR count). The predicted molar refractivity (Wildman–Crippen MR) is 141 cm³/mol. The highest BCUT2D eigenvalue weighted by atomic mass is 32.2. The van der Waals surface area contributed by atoms with Crippen molar-refractivity contribution in [3.05, 3.63) is 94.5 Å². The Hall–Kier alpha value is -3.38. The molecule has 1 aliphatic rings. The first-order valence-corrected chi connectivity index (χ1v) is 14.8. The van der Waals surface area contributed by atoms with Crippen LogP contribution < -0.4 is 5.32 Å². The molecule has 1 aliphatic heterocycles. The summed E-state index contributed by atoms with van der Waals surface area (Å²) in [6.45, 7) is 0. The Morgan fingerprint density at radius 3 is 2.58 bits per heavy atom. The molecule has 0 aliphatic carbocycles. The molecule has 178 valence electrons. The monoisotopic (exact) mass is 549 g/mol. The van der Waals surface area contributed by atoms with Gasteiger partial charge in [0.05, 0.1) is 25.7 Å². The minimum atomic E-state index is -3.92. The number of anilines is 1. The second-order valence-electron chi connectivity index (χ2n) is 7.87. The van der Waals surface area contributed by atoms with Gasteiger partial charge in [-0.2, -0.15) is 0 Å². The smallest absolute Gasteiger partial charge is 0.257 e. The molecule has 0 saturated carbocycles. The first-order chi connectivity index (χ1) is 17.4. The highest BCUT2D eigenvalue weighted by Crippen LogP contribution is 2.35. The number of amides is 1. The molecule has 0 spiro atoms. The van der Waals surface area contributed by atoms with E-state index in [-0.39, 0.29) is 32.3 Å². The first kappa shape index (κ1) is 23.0. The van der Waals surface area contributed by atoms with E-state index in [1.54, 1.807) is 35.2 Å². The molecule has 36 heavy (non-hydrogen) atoms. The van der Waals surface area contributed by atoms with Gasteiger partial charge in [0.25, 0.3) is 5.91 Å². The lowest BCUT2D eigenvalue weighted by atomic mass is 10.0. The second kappa shape index (κ2) is 8.93. The normalized spacial score (nSPS) is 13.8. The molecule has 3 heterocycles. The van der Waals surface area contributed by atoms with Gasteiger partial charge < -0.3 is 0 Å². The Kier molecular flexibility index (Phi) is 5.72. The summed E-state index contributed by atoms with van der Waals surface area (Å²) in [6.07, 6.45) is 0. The van der Waals surface area contributed by atoms with Gasteiger partial charge in [-0.3, -0.25) is 14.9 Å². The van der Waals surface area contributed by atoms with Crippen molar-refractivity contribution in [2.75, 3.05) is 5.32 Å². The number of carbonyl (C=O) groups is 2. The molecule has 3 aromatic carbocycles. The zero-order valence-corrected chi connectivity index (χ0v) is 21.6. The molecule has 0 atom stereocenters. The molecule has 0 bridgehead atoms. The van der Waals surface area contributed by atoms with Crippen LogP contribution in [-0.4, -0.2) is 30.1 Å². The second-order valence-corrected chi connectivity index (χ2v) is 12.9. The standard InChI is InChI=1S/C25H15N3O4S4/c29-22-16-5-1-4-8-20(16)36(31,32)21-11-14(9-10-17(21)22)23(30)28-24-26-15(12-33-24)13-34-25-27-18-6-2-3-7-19(18)35-25/h1-12H,13H2,(H,26,28,30). The average molecular weight is 550 g/mol. The maximum absolute atomic E-state index is 13.1. The van der Waals surface area contributed by atoms with Gasteiger partial charge in [0.1, 0.15) is 0 Å². The number of benzene rings is 3. The number of fused-ring (bicyclic) bond motifs is 3. The Morgan fingerprint density at radius 1 is 0.944 bits per heavy atom. The van der Waals surface area contributed by atoms with Gasteiger partial charge in [0.2, 0.25) is 9.84 Å². The molecular formula is C25H15N3O4S4. The highest BCUT2D eigenvalue weighted by molar-refractivity contribution is 8.00. The van der Waals surface area contributed by atoms with Crippen molar-refractivity contribution in [1.29, 1.82) is 0 Å². The third-order valence-corrected chi connectivity index (χ3v) is 10.5. The number of thioether (sulfide) groups is 1. The topological polar surface area (TPSA) is 106 Å². The summed E-state index contributed by atoms with van der Waals surface area (Å²) >= 11 is 4.49. The Bertz CT molecular complexity index is 1760. The number of hydrogen-bond donors (Lipinski definition) is 1. The van der Waals surface area contributed by atoms with Crippen molar-refractivity contribution in [2.24, 2.45) is 0 Å². The number of para-hydroxylation sites is 1. The first-order valence-electron chi connectivity index (χ1n) is 10.7. The quantitative estimate of drug-likeness (QED) is 0.276. The van der Waals surface area contributed by atoms with E-state index in [0.717, 1.165) is 20.3 Å². The number of nitrogens with one attached hydrogen (secondary N) is 1. The van der Waals surface area contributed by atoms with Gasteiger partial charge in [0, 0.05) is 27.8 Å². The zero-order chi connectivity index (χ0) is 24.9. The van der Waals surface area contributed by atoms with Gasteiger partial charge >= 0.3 is 0 Å². The van der Waals surface area contributed by atoms with Gasteiger partial charge in [-0.15, -0.1) is 22.7 Å². The van der Waals surface area contributed by atoms with Gasteiger partial charge in [-0.1, -0.05) is 36.0 Å². The van der Waals surface area contributed by atoms with E-state index in [0.29, 0.717) is 10.9 Å². The maximum atomic E-state index is 13.1. The Labute approximate surface area is 218 Å². The molecule has 0 fully saturated rings. The fourth-order valence-electron chi connectivity index (χ4n) is 3.87. The van der Waals surface area contributed by atoms with Gasteiger partial charge in [-0.25, -0.2) is 18.4 Å². The van der Waals surface area contributed by atoms with Crippen LogP contribution in [0.1, 0.15) is 32.0 Å². The highest BCUT2D eigenvalue weighted by Gasteiger charge is 2.35. The number of nitrogens with zero attached hydrogens (tertiary/aromatic N) is 2. The summed E-state index contributed by atoms with van der Waals surface area (Å²) in [6, 6.07) is 18.1. The lowest BCUT2D eigenvalue weighted by Crippen LogP contribution is -2.21. The van der Waals surface area contributed by atoms with Crippen LogP contribution in [0.5, 0.6) is 0 Å². The summed E-state index contributed by atoms with van der Waals surface area (Å²) in [7, 11) is -3.92. The number of aromatic nitrogens is 2. The molecule has 1 amide bonds. The van der Waals surface area contributed by atoms with E-state index in [1.807, 2.05) is 29.6 Å². The van der Waals surface area contributed by atoms with Crippen LogP contribution in [0.4, 0.5) is 5.13 Å². The van der Waals surface area contributed by atoms with E-state index < -0.39 is 15.7 Å². The van der Waals surface area contributed by atoms with E-state index in [2.05, 4.69) is 15.3 Å². The fraction of sp³-hybridized carbons (Fsp3) is 0.0400. The molecule has 2 aromatic heterocycles. The van der Waals surface area contributed by atoms with Crippen molar-refractivity contribution >= 4 is 71.3 Å². The van der Waals surface area contributed by atoms with Crippen molar-refractivity contribution in [3.63, 3.8) is 0 Å². The van der Waals surface area contributed by atoms with Crippen LogP contribution in [0.3, 0.4) is 0 Å². The van der Waals surface area contributed by atoms with Crippen LogP contribution >= 0.6 is 34.4 Å². The Morgan fingerprint density at radius 2 is 1.72 bits per heavy atom. The van der Waals surface area contributed by atoms with E-state index >= 15 is 0 Å². The molecule has 0 unspecified atom stereocenters. The van der Waals surface area contributed by atoms with E-state index in [9.17, 15) is 18.0 Å². The van der Waals surface area contributed by atoms with Crippen LogP contribution in [-0.2, 0) is 15.6 Å². The third-order valence-electron chi connectivity index (χ3n) is 5.59. The van der Waals surface area contributed by atoms with Crippen LogP contribution in [0, 0.1) is 0 Å². The van der Waals surface area contributed by atoms with Crippen molar-refractivity contribution < 1.29 is 18.0 Å². The van der Waals surface area contributed by atoms with Crippen molar-refractivity contribution in [2.45, 2.75) is 19.9 Å². The predicted octanol–water partition coefficient (Wildman–Crippen LogP) is 5.67. The Balaban J connectivity index is 1.18. The third kappa shape index (κ3) is 4.03. The summed E-state index contributed by atoms with van der Waals surface area (Å²) < 4.78 is 28.3. The number of hydrogen-bond acceptors (Lipinski definition) is 9. The number of ketones is 1. The van der Waals surface area contributed by atoms with Crippen molar-refractivity contribution in [1.82, 2.24) is 9.97 Å². The molecule has 11 heteroatoms. The minimum Gasteiger partial charge on any atom is -0.298 e. The van der Waals surface area contributed by atoms with Crippen LogP contribution in [0.15, 0.2) is 86.2 Å². The minimum absolute atomic E-state index is 0.0461. The van der Waals surface area contributed by atoms with E-state index in [4.69, 9.17) is 0 Å². The molecule has 5 aromatic rings. The van der Waals surface area contributed by atoms with E-state index in [1.165, 1.54) is 41.7 Å². The maximum Gasteiger partial charge on any atom is 0.257 e. The van der Waals surface area contributed by atoms with Crippen molar-refractivity contribution in [3.8, 4) is 0 Å². The SMILES string of the molecule is O=C(Nc1nc(CSc2nc3ccccc3s2)cs1)c1ccc2c(c1)S(=O)(=O)c1ccccc1C2=O. The van der Waals surface area contributed by atoms with Gasteiger partial charge in [0.15, 0.2) is 15.3 Å². The molecular weight excluding hydrogens is 535 g/mol. The molecule has 0 radical (unpaired) electrons.